The van der Waals surface area contributed by atoms with Crippen LogP contribution in [0.15, 0.2) is 0 Å². The zero-order valence-electron chi connectivity index (χ0n) is 9.42. The minimum atomic E-state index is -0.142. The highest BCUT2D eigenvalue weighted by molar-refractivity contribution is 4.50. The molecular weight excluding hydrogens is 166 g/mol. The van der Waals surface area contributed by atoms with Crippen LogP contribution in [0.5, 0.6) is 0 Å². The monoisotopic (exact) mass is 193 g/mol. The molecule has 0 radical (unpaired) electrons. The minimum absolute atomic E-state index is 0. The standard InChI is InChI=1S/C7H16O2.C3H9N.H2/c1-3-7(4-2)5-9-6-8;1-3(2)4;/h7-8H,3-6H2,1-2H3;3H,4H2,1-2H3;1H. The minimum Gasteiger partial charge on any atom is -0.371 e. The third-order valence-corrected chi connectivity index (χ3v) is 1.60. The molecule has 0 atom stereocenters. The summed E-state index contributed by atoms with van der Waals surface area (Å²) in [5.41, 5.74) is 5.11. The van der Waals surface area contributed by atoms with Crippen LogP contribution in [-0.2, 0) is 4.74 Å². The van der Waals surface area contributed by atoms with Crippen molar-refractivity contribution in [3.05, 3.63) is 0 Å². The van der Waals surface area contributed by atoms with Gasteiger partial charge >= 0.3 is 0 Å². The average molecular weight is 193 g/mol. The molecule has 13 heavy (non-hydrogen) atoms. The highest BCUT2D eigenvalue weighted by Gasteiger charge is 2.00. The number of ether oxygens (including phenoxy) is 1. The lowest BCUT2D eigenvalue weighted by atomic mass is 10.1. The summed E-state index contributed by atoms with van der Waals surface area (Å²) < 4.78 is 4.83. The summed E-state index contributed by atoms with van der Waals surface area (Å²) in [6.07, 6.45) is 2.27. The van der Waals surface area contributed by atoms with E-state index in [0.29, 0.717) is 18.6 Å². The maximum atomic E-state index is 8.28. The van der Waals surface area contributed by atoms with E-state index in [1.807, 2.05) is 13.8 Å². The smallest absolute Gasteiger partial charge is 0.143 e. The molecule has 0 unspecified atom stereocenters. The molecule has 0 aliphatic heterocycles. The van der Waals surface area contributed by atoms with Gasteiger partial charge in [0.15, 0.2) is 0 Å². The zero-order chi connectivity index (χ0) is 10.7. The van der Waals surface area contributed by atoms with Gasteiger partial charge in [0.05, 0.1) is 6.61 Å². The summed E-state index contributed by atoms with van der Waals surface area (Å²) in [6, 6.07) is 0.333. The first kappa shape index (κ1) is 15.4. The second-order valence-electron chi connectivity index (χ2n) is 3.43. The van der Waals surface area contributed by atoms with Crippen LogP contribution in [0.1, 0.15) is 42.0 Å². The van der Waals surface area contributed by atoms with Crippen molar-refractivity contribution in [2.24, 2.45) is 11.7 Å². The van der Waals surface area contributed by atoms with Crippen molar-refractivity contribution in [3.63, 3.8) is 0 Å². The predicted octanol–water partition coefficient (Wildman–Crippen LogP) is 1.99. The molecule has 0 aliphatic rings. The molecule has 0 spiro atoms. The molecule has 0 heterocycles. The molecule has 84 valence electrons. The Kier molecular flexibility index (Phi) is 14.0. The number of nitrogens with two attached hydrogens (primary N) is 1. The Bertz CT molecular complexity index is 85.4. The summed E-state index contributed by atoms with van der Waals surface area (Å²) in [5, 5.41) is 8.28. The van der Waals surface area contributed by atoms with Crippen molar-refractivity contribution in [3.8, 4) is 0 Å². The van der Waals surface area contributed by atoms with Gasteiger partial charge in [0.25, 0.3) is 0 Å². The van der Waals surface area contributed by atoms with Crippen LogP contribution in [0.3, 0.4) is 0 Å². The maximum absolute atomic E-state index is 8.28. The average Bonchev–Trinajstić information content (AvgIpc) is 2.06. The van der Waals surface area contributed by atoms with E-state index in [1.165, 1.54) is 0 Å². The highest BCUT2D eigenvalue weighted by atomic mass is 16.6. The second-order valence-corrected chi connectivity index (χ2v) is 3.43. The number of hydrogen-bond acceptors (Lipinski definition) is 3. The van der Waals surface area contributed by atoms with Crippen molar-refractivity contribution < 1.29 is 11.3 Å². The fourth-order valence-corrected chi connectivity index (χ4v) is 0.744. The molecule has 3 heteroatoms. The molecule has 0 aromatic carbocycles. The third-order valence-electron chi connectivity index (χ3n) is 1.60. The van der Waals surface area contributed by atoms with E-state index in [4.69, 9.17) is 15.6 Å². The molecule has 0 aromatic rings. The molecule has 0 fully saturated rings. The molecule has 3 nitrogen and oxygen atoms in total. The number of rotatable bonds is 5. The maximum Gasteiger partial charge on any atom is 0.143 e. The lowest BCUT2D eigenvalue weighted by Crippen LogP contribution is -2.07. The first-order valence-electron chi connectivity index (χ1n) is 5.02. The Morgan fingerprint density at radius 1 is 1.31 bits per heavy atom. The van der Waals surface area contributed by atoms with Crippen molar-refractivity contribution in [2.45, 2.75) is 46.6 Å². The van der Waals surface area contributed by atoms with Gasteiger partial charge in [0.2, 0.25) is 0 Å². The van der Waals surface area contributed by atoms with Crippen LogP contribution < -0.4 is 5.73 Å². The second kappa shape index (κ2) is 11.9. The normalized spacial score (nSPS) is 10.2. The van der Waals surface area contributed by atoms with E-state index in [-0.39, 0.29) is 8.22 Å². The summed E-state index contributed by atoms with van der Waals surface area (Å²) in [6.45, 7) is 8.71. The Morgan fingerprint density at radius 3 is 1.92 bits per heavy atom. The van der Waals surface area contributed by atoms with Gasteiger partial charge in [0, 0.05) is 1.43 Å². The lowest BCUT2D eigenvalue weighted by Gasteiger charge is -2.09. The SMILES string of the molecule is CC(C)N.CCC(CC)COCO.[HH]. The first-order chi connectivity index (χ1) is 6.08. The van der Waals surface area contributed by atoms with Crippen molar-refractivity contribution >= 4 is 0 Å². The van der Waals surface area contributed by atoms with E-state index in [2.05, 4.69) is 13.8 Å². The quantitative estimate of drug-likeness (QED) is 0.656. The van der Waals surface area contributed by atoms with E-state index in [9.17, 15) is 0 Å². The van der Waals surface area contributed by atoms with E-state index in [0.717, 1.165) is 12.8 Å². The Labute approximate surface area is 83.8 Å². The molecule has 3 N–H and O–H groups in total. The Hall–Kier alpha value is -0.120. The molecule has 0 aromatic heterocycles. The highest BCUT2D eigenvalue weighted by Crippen LogP contribution is 2.06. The van der Waals surface area contributed by atoms with Gasteiger partial charge in [-0.05, 0) is 12.0 Å². The van der Waals surface area contributed by atoms with E-state index >= 15 is 0 Å². The summed E-state index contributed by atoms with van der Waals surface area (Å²) in [4.78, 5) is 0. The summed E-state index contributed by atoms with van der Waals surface area (Å²) >= 11 is 0. The first-order valence-corrected chi connectivity index (χ1v) is 5.02. The van der Waals surface area contributed by atoms with Gasteiger partial charge in [0.1, 0.15) is 6.79 Å². The van der Waals surface area contributed by atoms with Crippen LogP contribution in [0.4, 0.5) is 0 Å². The van der Waals surface area contributed by atoms with Crippen LogP contribution in [0.25, 0.3) is 0 Å². The predicted molar refractivity (Wildman–Crippen MR) is 58.5 cm³/mol. The molecule has 0 amide bonds. The molecular formula is C10H27NO2. The lowest BCUT2D eigenvalue weighted by molar-refractivity contribution is -0.0184. The number of hydrogen-bond donors (Lipinski definition) is 2. The topological polar surface area (TPSA) is 55.5 Å². The molecule has 0 aliphatic carbocycles. The van der Waals surface area contributed by atoms with Crippen LogP contribution >= 0.6 is 0 Å². The summed E-state index contributed by atoms with van der Waals surface area (Å²) in [5.74, 6) is 0.622. The number of aliphatic hydroxyl groups excluding tert-OH is 1. The van der Waals surface area contributed by atoms with E-state index in [1.54, 1.807) is 0 Å². The molecule has 0 saturated carbocycles. The van der Waals surface area contributed by atoms with Crippen LogP contribution in [-0.4, -0.2) is 24.5 Å². The van der Waals surface area contributed by atoms with Gasteiger partial charge in [-0.25, -0.2) is 0 Å². The van der Waals surface area contributed by atoms with E-state index < -0.39 is 0 Å². The van der Waals surface area contributed by atoms with Gasteiger partial charge in [-0.3, -0.25) is 0 Å². The van der Waals surface area contributed by atoms with Gasteiger partial charge < -0.3 is 15.6 Å². The number of aliphatic hydroxyl groups is 1. The van der Waals surface area contributed by atoms with Crippen molar-refractivity contribution in [1.29, 1.82) is 0 Å². The summed E-state index contributed by atoms with van der Waals surface area (Å²) in [7, 11) is 0. The Balaban J connectivity index is -0.000000209. The van der Waals surface area contributed by atoms with Crippen molar-refractivity contribution in [2.75, 3.05) is 13.4 Å². The van der Waals surface area contributed by atoms with Gasteiger partial charge in [-0.15, -0.1) is 0 Å². The van der Waals surface area contributed by atoms with Crippen LogP contribution in [0, 0.1) is 5.92 Å². The molecule has 0 bridgehead atoms. The molecule has 0 saturated heterocycles. The Morgan fingerprint density at radius 2 is 1.69 bits per heavy atom. The fraction of sp³-hybridized carbons (Fsp3) is 1.00. The van der Waals surface area contributed by atoms with Gasteiger partial charge in [-0.1, -0.05) is 40.5 Å². The molecule has 0 rings (SSSR count). The van der Waals surface area contributed by atoms with Crippen LogP contribution in [0.2, 0.25) is 0 Å². The largest absolute Gasteiger partial charge is 0.371 e. The zero-order valence-corrected chi connectivity index (χ0v) is 9.42. The third kappa shape index (κ3) is 18.7. The van der Waals surface area contributed by atoms with Crippen molar-refractivity contribution in [1.82, 2.24) is 0 Å². The van der Waals surface area contributed by atoms with Gasteiger partial charge in [-0.2, -0.15) is 0 Å². The fourth-order valence-electron chi connectivity index (χ4n) is 0.744.